The molecule has 0 saturated carbocycles. The van der Waals surface area contributed by atoms with Crippen molar-refractivity contribution >= 4 is 18.3 Å². The first kappa shape index (κ1) is 19.1. The number of aromatic nitrogens is 2. The number of carbonyl (C=O) groups excluding carboxylic acids is 1. The minimum atomic E-state index is -0.140. The van der Waals surface area contributed by atoms with Crippen LogP contribution in [0.5, 0.6) is 0 Å². The van der Waals surface area contributed by atoms with Gasteiger partial charge in [-0.2, -0.15) is 4.98 Å². The van der Waals surface area contributed by atoms with Crippen molar-refractivity contribution in [2.24, 2.45) is 0 Å². The predicted molar refractivity (Wildman–Crippen MR) is 104 cm³/mol. The first-order valence-corrected chi connectivity index (χ1v) is 8.74. The number of carbonyl (C=O) groups is 1. The van der Waals surface area contributed by atoms with E-state index in [-0.39, 0.29) is 30.4 Å². The van der Waals surface area contributed by atoms with Crippen LogP contribution in [0.1, 0.15) is 30.0 Å². The minimum absolute atomic E-state index is 0. The molecule has 1 aromatic heterocycles. The number of halogens is 1. The van der Waals surface area contributed by atoms with Gasteiger partial charge in [0.15, 0.2) is 0 Å². The van der Waals surface area contributed by atoms with Crippen molar-refractivity contribution in [1.29, 1.82) is 0 Å². The van der Waals surface area contributed by atoms with Crippen molar-refractivity contribution < 1.29 is 9.32 Å². The Balaban J connectivity index is 0.00000210. The topological polar surface area (TPSA) is 80.1 Å². The van der Waals surface area contributed by atoms with Crippen LogP contribution in [0.15, 0.2) is 65.5 Å². The maximum Gasteiger partial charge on any atom is 0.237 e. The normalized spacial score (nSPS) is 18.7. The number of nitrogens with one attached hydrogen (secondary N) is 2. The summed E-state index contributed by atoms with van der Waals surface area (Å²) >= 11 is 0. The second-order valence-corrected chi connectivity index (χ2v) is 6.43. The Hall–Kier alpha value is -2.70. The molecule has 27 heavy (non-hydrogen) atoms. The van der Waals surface area contributed by atoms with Gasteiger partial charge in [0.2, 0.25) is 18.1 Å². The molecule has 1 amide bonds. The molecule has 7 heteroatoms. The standard InChI is InChI=1S/C20H20N4O2.ClH/c25-20(18-11-10-17(23-18)15-4-2-1-3-5-15)21-12-14-6-8-16(9-7-14)19-22-13-26-24-19;/h1-9,13,17-18,23H,10-12H2,(H,21,25);1H/t17-,18-;/m1./s1. The van der Waals surface area contributed by atoms with Gasteiger partial charge in [0, 0.05) is 18.2 Å². The highest BCUT2D eigenvalue weighted by atomic mass is 35.5. The number of nitrogens with zero attached hydrogens (tertiary/aromatic N) is 2. The fourth-order valence-electron chi connectivity index (χ4n) is 3.28. The van der Waals surface area contributed by atoms with Gasteiger partial charge in [-0.3, -0.25) is 10.1 Å². The minimum Gasteiger partial charge on any atom is -0.351 e. The van der Waals surface area contributed by atoms with Crippen molar-refractivity contribution in [3.05, 3.63) is 72.1 Å². The molecule has 0 bridgehead atoms. The Morgan fingerprint density at radius 3 is 2.59 bits per heavy atom. The summed E-state index contributed by atoms with van der Waals surface area (Å²) in [5.41, 5.74) is 3.15. The van der Waals surface area contributed by atoms with Crippen molar-refractivity contribution in [3.63, 3.8) is 0 Å². The van der Waals surface area contributed by atoms with Gasteiger partial charge < -0.3 is 9.84 Å². The van der Waals surface area contributed by atoms with Crippen LogP contribution in [0.2, 0.25) is 0 Å². The lowest BCUT2D eigenvalue weighted by Gasteiger charge is -2.15. The van der Waals surface area contributed by atoms with E-state index in [4.69, 9.17) is 4.52 Å². The first-order chi connectivity index (χ1) is 12.8. The average molecular weight is 385 g/mol. The van der Waals surface area contributed by atoms with Gasteiger partial charge in [-0.25, -0.2) is 0 Å². The van der Waals surface area contributed by atoms with Gasteiger partial charge in [-0.05, 0) is 24.0 Å². The van der Waals surface area contributed by atoms with Gasteiger partial charge in [0.25, 0.3) is 0 Å². The Morgan fingerprint density at radius 1 is 1.11 bits per heavy atom. The van der Waals surface area contributed by atoms with E-state index >= 15 is 0 Å². The molecular weight excluding hydrogens is 364 g/mol. The molecule has 1 aliphatic rings. The van der Waals surface area contributed by atoms with E-state index in [2.05, 4.69) is 32.9 Å². The largest absolute Gasteiger partial charge is 0.351 e. The number of rotatable bonds is 5. The van der Waals surface area contributed by atoms with Crippen LogP contribution < -0.4 is 10.6 Å². The van der Waals surface area contributed by atoms with E-state index in [0.29, 0.717) is 12.4 Å². The van der Waals surface area contributed by atoms with Crippen LogP contribution in [0, 0.1) is 0 Å². The molecule has 2 heterocycles. The molecule has 140 valence electrons. The van der Waals surface area contributed by atoms with Crippen LogP contribution in [-0.2, 0) is 11.3 Å². The average Bonchev–Trinajstić information content (AvgIpc) is 3.39. The Labute approximate surface area is 163 Å². The van der Waals surface area contributed by atoms with Crippen LogP contribution in [0.25, 0.3) is 11.4 Å². The number of benzene rings is 2. The fourth-order valence-corrected chi connectivity index (χ4v) is 3.28. The summed E-state index contributed by atoms with van der Waals surface area (Å²) in [6.45, 7) is 0.500. The lowest BCUT2D eigenvalue weighted by Crippen LogP contribution is -2.40. The molecule has 2 N–H and O–H groups in total. The summed E-state index contributed by atoms with van der Waals surface area (Å²) in [5, 5.41) is 10.3. The van der Waals surface area contributed by atoms with Gasteiger partial charge in [0.1, 0.15) is 0 Å². The maximum absolute atomic E-state index is 12.4. The van der Waals surface area contributed by atoms with Gasteiger partial charge in [0.05, 0.1) is 6.04 Å². The molecule has 2 atom stereocenters. The molecule has 1 saturated heterocycles. The van der Waals surface area contributed by atoms with E-state index in [9.17, 15) is 4.79 Å². The number of amides is 1. The van der Waals surface area contributed by atoms with E-state index in [0.717, 1.165) is 24.0 Å². The zero-order chi connectivity index (χ0) is 17.8. The van der Waals surface area contributed by atoms with Crippen molar-refractivity contribution in [3.8, 4) is 11.4 Å². The molecular formula is C20H21ClN4O2. The predicted octanol–water partition coefficient (Wildman–Crippen LogP) is 3.27. The summed E-state index contributed by atoms with van der Waals surface area (Å²) in [6, 6.07) is 18.1. The highest BCUT2D eigenvalue weighted by molar-refractivity contribution is 5.85. The van der Waals surface area contributed by atoms with E-state index in [1.807, 2.05) is 42.5 Å². The molecule has 0 radical (unpaired) electrons. The van der Waals surface area contributed by atoms with E-state index in [1.165, 1.54) is 12.0 Å². The summed E-state index contributed by atoms with van der Waals surface area (Å²) in [4.78, 5) is 16.5. The Bertz CT molecular complexity index is 853. The Morgan fingerprint density at radius 2 is 1.89 bits per heavy atom. The van der Waals surface area contributed by atoms with Gasteiger partial charge >= 0.3 is 0 Å². The molecule has 0 unspecified atom stereocenters. The van der Waals surface area contributed by atoms with Crippen LogP contribution in [0.4, 0.5) is 0 Å². The van der Waals surface area contributed by atoms with E-state index < -0.39 is 0 Å². The molecule has 1 aliphatic heterocycles. The number of hydrogen-bond donors (Lipinski definition) is 2. The van der Waals surface area contributed by atoms with Gasteiger partial charge in [-0.1, -0.05) is 59.8 Å². The highest BCUT2D eigenvalue weighted by Gasteiger charge is 2.29. The SMILES string of the molecule is Cl.O=C(NCc1ccc(-c2ncon2)cc1)[C@H]1CC[C@H](c2ccccc2)N1. The smallest absolute Gasteiger partial charge is 0.237 e. The molecule has 0 spiro atoms. The number of hydrogen-bond acceptors (Lipinski definition) is 5. The summed E-state index contributed by atoms with van der Waals surface area (Å²) in [6.07, 6.45) is 3.13. The van der Waals surface area contributed by atoms with Gasteiger partial charge in [-0.15, -0.1) is 12.4 Å². The maximum atomic E-state index is 12.4. The third kappa shape index (κ3) is 4.53. The lowest BCUT2D eigenvalue weighted by molar-refractivity contribution is -0.123. The van der Waals surface area contributed by atoms with Crippen molar-refractivity contribution in [2.75, 3.05) is 0 Å². The molecule has 6 nitrogen and oxygen atoms in total. The molecule has 2 aromatic carbocycles. The van der Waals surface area contributed by atoms with Crippen LogP contribution in [0.3, 0.4) is 0 Å². The summed E-state index contributed by atoms with van der Waals surface area (Å²) in [5.74, 6) is 0.605. The van der Waals surface area contributed by atoms with Crippen LogP contribution >= 0.6 is 12.4 Å². The fraction of sp³-hybridized carbons (Fsp3) is 0.250. The quantitative estimate of drug-likeness (QED) is 0.705. The molecule has 3 aromatic rings. The van der Waals surface area contributed by atoms with Crippen molar-refractivity contribution in [2.45, 2.75) is 31.5 Å². The van der Waals surface area contributed by atoms with E-state index in [1.54, 1.807) is 0 Å². The second-order valence-electron chi connectivity index (χ2n) is 6.43. The molecule has 4 rings (SSSR count). The monoisotopic (exact) mass is 384 g/mol. The molecule has 0 aliphatic carbocycles. The lowest BCUT2D eigenvalue weighted by atomic mass is 10.1. The summed E-state index contributed by atoms with van der Waals surface area (Å²) in [7, 11) is 0. The molecule has 1 fully saturated rings. The third-order valence-corrected chi connectivity index (χ3v) is 4.70. The highest BCUT2D eigenvalue weighted by Crippen LogP contribution is 2.26. The third-order valence-electron chi connectivity index (χ3n) is 4.70. The van der Waals surface area contributed by atoms with Crippen LogP contribution in [-0.4, -0.2) is 22.1 Å². The Kier molecular flexibility index (Phi) is 6.21. The van der Waals surface area contributed by atoms with Crippen molar-refractivity contribution in [1.82, 2.24) is 20.8 Å². The second kappa shape index (κ2) is 8.79. The first-order valence-electron chi connectivity index (χ1n) is 8.74. The summed E-state index contributed by atoms with van der Waals surface area (Å²) < 4.78 is 4.75. The zero-order valence-corrected chi connectivity index (χ0v) is 15.5. The zero-order valence-electron chi connectivity index (χ0n) is 14.7.